The highest BCUT2D eigenvalue weighted by molar-refractivity contribution is 5.59. The summed E-state index contributed by atoms with van der Waals surface area (Å²) >= 11 is 0. The van der Waals surface area contributed by atoms with Crippen molar-refractivity contribution in [3.8, 4) is 0 Å². The van der Waals surface area contributed by atoms with E-state index in [9.17, 15) is 0 Å². The maximum atomic E-state index is 5.57. The van der Waals surface area contributed by atoms with Gasteiger partial charge in [-0.15, -0.1) is 0 Å². The van der Waals surface area contributed by atoms with Gasteiger partial charge in [-0.05, 0) is 24.3 Å². The SMILES string of the molecule is Nc1ccc(Nc2nc(N)cc(N)n2)cc1. The lowest BCUT2D eigenvalue weighted by atomic mass is 10.3. The standard InChI is InChI=1S/C10H12N6/c11-6-1-3-7(4-2-6)14-10-15-8(12)5-9(13)16-10/h1-5H,11H2,(H5,12,13,14,15,16). The molecule has 0 aliphatic rings. The molecular weight excluding hydrogens is 204 g/mol. The van der Waals surface area contributed by atoms with Crippen molar-refractivity contribution in [2.45, 2.75) is 0 Å². The summed E-state index contributed by atoms with van der Waals surface area (Å²) in [5.74, 6) is 1.01. The molecule has 16 heavy (non-hydrogen) atoms. The number of anilines is 5. The number of rotatable bonds is 2. The average molecular weight is 216 g/mol. The molecule has 1 heterocycles. The fourth-order valence-electron chi connectivity index (χ4n) is 1.24. The number of nitrogens with zero attached hydrogens (tertiary/aromatic N) is 2. The van der Waals surface area contributed by atoms with Gasteiger partial charge in [0.25, 0.3) is 0 Å². The van der Waals surface area contributed by atoms with Crippen LogP contribution in [0.1, 0.15) is 0 Å². The molecule has 0 bridgehead atoms. The van der Waals surface area contributed by atoms with Crippen LogP contribution in [0.4, 0.5) is 29.0 Å². The van der Waals surface area contributed by atoms with Gasteiger partial charge < -0.3 is 22.5 Å². The van der Waals surface area contributed by atoms with Crippen molar-refractivity contribution in [2.24, 2.45) is 0 Å². The molecule has 0 unspecified atom stereocenters. The predicted molar refractivity (Wildman–Crippen MR) is 65.0 cm³/mol. The zero-order chi connectivity index (χ0) is 11.5. The topological polar surface area (TPSA) is 116 Å². The molecule has 1 aromatic heterocycles. The van der Waals surface area contributed by atoms with Crippen LogP contribution >= 0.6 is 0 Å². The summed E-state index contributed by atoms with van der Waals surface area (Å²) in [6.07, 6.45) is 0. The lowest BCUT2D eigenvalue weighted by Crippen LogP contribution is -2.03. The Kier molecular flexibility index (Phi) is 2.47. The van der Waals surface area contributed by atoms with Gasteiger partial charge >= 0.3 is 0 Å². The average Bonchev–Trinajstić information content (AvgIpc) is 2.20. The Morgan fingerprint density at radius 3 is 2.00 bits per heavy atom. The fraction of sp³-hybridized carbons (Fsp3) is 0. The first-order valence-electron chi connectivity index (χ1n) is 4.66. The van der Waals surface area contributed by atoms with Gasteiger partial charge in [-0.25, -0.2) is 0 Å². The first-order chi connectivity index (χ1) is 7.63. The van der Waals surface area contributed by atoms with Crippen molar-refractivity contribution in [1.82, 2.24) is 9.97 Å². The van der Waals surface area contributed by atoms with Crippen LogP contribution in [0.3, 0.4) is 0 Å². The van der Waals surface area contributed by atoms with E-state index in [1.165, 1.54) is 6.07 Å². The fourth-order valence-corrected chi connectivity index (χ4v) is 1.24. The number of nitrogens with two attached hydrogens (primary N) is 3. The van der Waals surface area contributed by atoms with Gasteiger partial charge in [0.1, 0.15) is 11.6 Å². The van der Waals surface area contributed by atoms with E-state index in [-0.39, 0.29) is 0 Å². The van der Waals surface area contributed by atoms with E-state index in [1.54, 1.807) is 12.1 Å². The lowest BCUT2D eigenvalue weighted by Gasteiger charge is -2.06. The van der Waals surface area contributed by atoms with Crippen LogP contribution in [0.5, 0.6) is 0 Å². The third-order valence-corrected chi connectivity index (χ3v) is 1.93. The van der Waals surface area contributed by atoms with E-state index < -0.39 is 0 Å². The van der Waals surface area contributed by atoms with Crippen LogP contribution in [0, 0.1) is 0 Å². The van der Waals surface area contributed by atoms with Gasteiger partial charge in [-0.3, -0.25) is 0 Å². The van der Waals surface area contributed by atoms with Crippen LogP contribution < -0.4 is 22.5 Å². The second kappa shape index (κ2) is 3.93. The van der Waals surface area contributed by atoms with E-state index in [4.69, 9.17) is 17.2 Å². The molecule has 0 atom stereocenters. The van der Waals surface area contributed by atoms with Crippen LogP contribution in [-0.4, -0.2) is 9.97 Å². The third-order valence-electron chi connectivity index (χ3n) is 1.93. The molecular formula is C10H12N6. The van der Waals surface area contributed by atoms with E-state index in [0.717, 1.165) is 5.69 Å². The van der Waals surface area contributed by atoms with Gasteiger partial charge in [0.05, 0.1) is 0 Å². The predicted octanol–water partition coefficient (Wildman–Crippen LogP) is 0.967. The summed E-state index contributed by atoms with van der Waals surface area (Å²) in [6.45, 7) is 0. The van der Waals surface area contributed by atoms with Crippen molar-refractivity contribution in [1.29, 1.82) is 0 Å². The van der Waals surface area contributed by atoms with E-state index in [1.807, 2.05) is 12.1 Å². The Morgan fingerprint density at radius 2 is 1.44 bits per heavy atom. The molecule has 0 aliphatic carbocycles. The summed E-state index contributed by atoms with van der Waals surface area (Å²) in [7, 11) is 0. The van der Waals surface area contributed by atoms with Crippen LogP contribution in [0.2, 0.25) is 0 Å². The monoisotopic (exact) mass is 216 g/mol. The lowest BCUT2D eigenvalue weighted by molar-refractivity contribution is 1.18. The maximum absolute atomic E-state index is 5.57. The highest BCUT2D eigenvalue weighted by atomic mass is 15.1. The van der Waals surface area contributed by atoms with Crippen LogP contribution in [0.15, 0.2) is 30.3 Å². The summed E-state index contributed by atoms with van der Waals surface area (Å²) in [4.78, 5) is 7.99. The minimum atomic E-state index is 0.324. The highest BCUT2D eigenvalue weighted by Crippen LogP contribution is 2.16. The first-order valence-corrected chi connectivity index (χ1v) is 4.66. The molecule has 82 valence electrons. The second-order valence-electron chi connectivity index (χ2n) is 3.29. The van der Waals surface area contributed by atoms with Gasteiger partial charge in [-0.2, -0.15) is 9.97 Å². The number of nitrogen functional groups attached to an aromatic ring is 3. The summed E-state index contributed by atoms with van der Waals surface area (Å²) in [6, 6.07) is 8.68. The van der Waals surface area contributed by atoms with E-state index in [2.05, 4.69) is 15.3 Å². The Morgan fingerprint density at radius 1 is 0.875 bits per heavy atom. The Balaban J connectivity index is 2.23. The second-order valence-corrected chi connectivity index (χ2v) is 3.29. The minimum absolute atomic E-state index is 0.324. The smallest absolute Gasteiger partial charge is 0.231 e. The van der Waals surface area contributed by atoms with Crippen LogP contribution in [0.25, 0.3) is 0 Å². The number of hydrogen-bond acceptors (Lipinski definition) is 6. The number of hydrogen-bond donors (Lipinski definition) is 4. The van der Waals surface area contributed by atoms with Crippen molar-refractivity contribution in [3.05, 3.63) is 30.3 Å². The summed E-state index contributed by atoms with van der Waals surface area (Å²) in [5.41, 5.74) is 18.2. The molecule has 0 aliphatic heterocycles. The van der Waals surface area contributed by atoms with Crippen molar-refractivity contribution in [2.75, 3.05) is 22.5 Å². The van der Waals surface area contributed by atoms with Crippen molar-refractivity contribution >= 4 is 29.0 Å². The van der Waals surface area contributed by atoms with Crippen LogP contribution in [-0.2, 0) is 0 Å². The molecule has 0 amide bonds. The normalized spacial score (nSPS) is 10.0. The molecule has 6 heteroatoms. The molecule has 0 saturated carbocycles. The van der Waals surface area contributed by atoms with Gasteiger partial charge in [0.15, 0.2) is 0 Å². The number of aromatic nitrogens is 2. The number of benzene rings is 1. The summed E-state index contributed by atoms with van der Waals surface area (Å²) < 4.78 is 0. The maximum Gasteiger partial charge on any atom is 0.231 e. The Hall–Kier alpha value is -2.50. The third kappa shape index (κ3) is 2.30. The molecule has 0 radical (unpaired) electrons. The molecule has 2 rings (SSSR count). The molecule has 0 fully saturated rings. The van der Waals surface area contributed by atoms with E-state index in [0.29, 0.717) is 23.3 Å². The van der Waals surface area contributed by atoms with Gasteiger partial charge in [0.2, 0.25) is 5.95 Å². The quantitative estimate of drug-likeness (QED) is 0.556. The molecule has 0 saturated heterocycles. The highest BCUT2D eigenvalue weighted by Gasteiger charge is 2.00. The minimum Gasteiger partial charge on any atom is -0.399 e. The molecule has 7 N–H and O–H groups in total. The number of nitrogens with one attached hydrogen (secondary N) is 1. The summed E-state index contributed by atoms with van der Waals surface area (Å²) in [5, 5.41) is 2.98. The molecule has 2 aromatic rings. The van der Waals surface area contributed by atoms with Gasteiger partial charge in [0, 0.05) is 17.4 Å². The van der Waals surface area contributed by atoms with Gasteiger partial charge in [-0.1, -0.05) is 0 Å². The Labute approximate surface area is 92.5 Å². The largest absolute Gasteiger partial charge is 0.399 e. The molecule has 1 aromatic carbocycles. The molecule has 6 nitrogen and oxygen atoms in total. The Bertz CT molecular complexity index is 473. The zero-order valence-corrected chi connectivity index (χ0v) is 8.51. The zero-order valence-electron chi connectivity index (χ0n) is 8.51. The molecule has 0 spiro atoms. The first kappa shape index (κ1) is 10.0. The van der Waals surface area contributed by atoms with Crippen molar-refractivity contribution in [3.63, 3.8) is 0 Å². The van der Waals surface area contributed by atoms with E-state index >= 15 is 0 Å². The van der Waals surface area contributed by atoms with Crippen molar-refractivity contribution < 1.29 is 0 Å².